The first kappa shape index (κ1) is 35.1. The molecule has 2 aliphatic rings. The van der Waals surface area contributed by atoms with E-state index in [0.717, 1.165) is 44.9 Å². The summed E-state index contributed by atoms with van der Waals surface area (Å²) in [5.74, 6) is 1.45. The van der Waals surface area contributed by atoms with Gasteiger partial charge >= 0.3 is 0 Å². The van der Waals surface area contributed by atoms with Crippen LogP contribution in [0.5, 0.6) is 11.5 Å². The Kier molecular flexibility index (Phi) is 12.0. The van der Waals surface area contributed by atoms with Gasteiger partial charge in [0.05, 0.1) is 44.1 Å². The molecule has 2 heterocycles. The van der Waals surface area contributed by atoms with Gasteiger partial charge in [0.2, 0.25) is 0 Å². The molecule has 0 bridgehead atoms. The predicted octanol–water partition coefficient (Wildman–Crippen LogP) is 5.50. The quantitative estimate of drug-likeness (QED) is 0.0941. The van der Waals surface area contributed by atoms with Crippen molar-refractivity contribution >= 4 is 0 Å². The zero-order valence-corrected chi connectivity index (χ0v) is 28.5. The molecule has 260 valence electrons. The SMILES string of the molecule is CCOCC(O)COc1ccc(C(c2ccccc2)(c2ccccc2)c2ccc(OCC3CO3)c(CC(O)COCC)c2)cc1CC1CO1. The van der Waals surface area contributed by atoms with E-state index < -0.39 is 17.6 Å². The molecule has 0 aromatic heterocycles. The lowest BCUT2D eigenvalue weighted by atomic mass is 9.64. The third-order valence-corrected chi connectivity index (χ3v) is 8.99. The minimum absolute atomic E-state index is 0.100. The van der Waals surface area contributed by atoms with Gasteiger partial charge in [0, 0.05) is 26.1 Å². The van der Waals surface area contributed by atoms with E-state index in [-0.39, 0.29) is 32.0 Å². The minimum atomic E-state index is -0.744. The normalized spacial score (nSPS) is 18.1. The fourth-order valence-corrected chi connectivity index (χ4v) is 6.44. The average Bonchev–Trinajstić information content (AvgIpc) is 4.08. The molecule has 2 N–H and O–H groups in total. The lowest BCUT2D eigenvalue weighted by Gasteiger charge is -2.38. The number of rotatable bonds is 20. The summed E-state index contributed by atoms with van der Waals surface area (Å²) in [7, 11) is 0. The van der Waals surface area contributed by atoms with Crippen molar-refractivity contribution < 1.29 is 38.6 Å². The molecule has 0 amide bonds. The molecule has 2 fully saturated rings. The number of ether oxygens (including phenoxy) is 6. The van der Waals surface area contributed by atoms with Gasteiger partial charge in [-0.2, -0.15) is 0 Å². The van der Waals surface area contributed by atoms with Crippen LogP contribution in [-0.2, 0) is 37.2 Å². The second-order valence-electron chi connectivity index (χ2n) is 12.7. The van der Waals surface area contributed by atoms with Crippen molar-refractivity contribution in [3.8, 4) is 11.5 Å². The highest BCUT2D eigenvalue weighted by Gasteiger charge is 2.40. The van der Waals surface area contributed by atoms with Crippen LogP contribution in [0.4, 0.5) is 0 Å². The van der Waals surface area contributed by atoms with E-state index in [4.69, 9.17) is 28.4 Å². The average molecular weight is 669 g/mol. The minimum Gasteiger partial charge on any atom is -0.491 e. The van der Waals surface area contributed by atoms with Crippen LogP contribution in [0.15, 0.2) is 97.1 Å². The third kappa shape index (κ3) is 8.89. The van der Waals surface area contributed by atoms with Gasteiger partial charge in [-0.15, -0.1) is 0 Å². The van der Waals surface area contributed by atoms with Crippen LogP contribution in [0.25, 0.3) is 0 Å². The maximum atomic E-state index is 11.0. The first-order chi connectivity index (χ1) is 24.0. The highest BCUT2D eigenvalue weighted by molar-refractivity contribution is 5.62. The van der Waals surface area contributed by atoms with Gasteiger partial charge in [-0.05, 0) is 59.4 Å². The van der Waals surface area contributed by atoms with Gasteiger partial charge in [-0.25, -0.2) is 0 Å². The third-order valence-electron chi connectivity index (χ3n) is 8.99. The monoisotopic (exact) mass is 668 g/mol. The first-order valence-electron chi connectivity index (χ1n) is 17.4. The zero-order chi connectivity index (χ0) is 34.1. The van der Waals surface area contributed by atoms with Gasteiger partial charge in [0.15, 0.2) is 0 Å². The molecular weight excluding hydrogens is 620 g/mol. The molecule has 0 saturated carbocycles. The van der Waals surface area contributed by atoms with E-state index in [1.165, 1.54) is 0 Å². The van der Waals surface area contributed by atoms with Gasteiger partial charge in [0.25, 0.3) is 0 Å². The molecule has 4 aromatic rings. The Morgan fingerprint density at radius 1 is 0.633 bits per heavy atom. The van der Waals surface area contributed by atoms with Crippen molar-refractivity contribution in [2.45, 2.75) is 56.5 Å². The molecule has 0 aliphatic carbocycles. The maximum absolute atomic E-state index is 11.0. The van der Waals surface area contributed by atoms with Gasteiger partial charge in [-0.1, -0.05) is 84.9 Å². The van der Waals surface area contributed by atoms with E-state index in [2.05, 4.69) is 72.8 Å². The standard InChI is InChI=1S/C41H48O8/c1-3-44-23-35(42)21-29-19-33(15-17-39(29)49-28-38-27-47-38)41(31-11-7-5-8-12-31,32-13-9-6-10-14-32)34-16-18-40(30(20-34)22-37-26-46-37)48-25-36(43)24-45-4-2/h5-20,35-38,42-43H,3-4,21-28H2,1-2H3. The summed E-state index contributed by atoms with van der Waals surface area (Å²) in [5, 5.41) is 21.5. The summed E-state index contributed by atoms with van der Waals surface area (Å²) < 4.78 is 34.6. The topological polar surface area (TPSA) is 102 Å². The summed E-state index contributed by atoms with van der Waals surface area (Å²) >= 11 is 0. The Hall–Kier alpha value is -3.76. The van der Waals surface area contributed by atoms with Crippen LogP contribution in [-0.4, -0.2) is 87.5 Å². The molecule has 2 aliphatic heterocycles. The number of benzene rings is 4. The summed E-state index contributed by atoms with van der Waals surface area (Å²) in [4.78, 5) is 0. The lowest BCUT2D eigenvalue weighted by molar-refractivity contribution is 0.0162. The Labute approximate surface area is 289 Å². The Morgan fingerprint density at radius 3 is 1.71 bits per heavy atom. The maximum Gasteiger partial charge on any atom is 0.122 e. The molecule has 0 spiro atoms. The van der Waals surface area contributed by atoms with E-state index in [0.29, 0.717) is 45.9 Å². The fourth-order valence-electron chi connectivity index (χ4n) is 6.44. The second-order valence-corrected chi connectivity index (χ2v) is 12.7. The van der Waals surface area contributed by atoms with E-state index >= 15 is 0 Å². The predicted molar refractivity (Wildman–Crippen MR) is 188 cm³/mol. The van der Waals surface area contributed by atoms with Gasteiger partial charge in [-0.3, -0.25) is 0 Å². The first-order valence-corrected chi connectivity index (χ1v) is 17.4. The summed E-state index contributed by atoms with van der Waals surface area (Å²) in [6, 6.07) is 33.7. The van der Waals surface area contributed by atoms with Gasteiger partial charge < -0.3 is 38.6 Å². The molecule has 0 radical (unpaired) electrons. The van der Waals surface area contributed by atoms with Crippen LogP contribution >= 0.6 is 0 Å². The Morgan fingerprint density at radius 2 is 1.16 bits per heavy atom. The van der Waals surface area contributed by atoms with E-state index in [1.807, 2.05) is 38.1 Å². The Balaban J connectivity index is 1.49. The highest BCUT2D eigenvalue weighted by atomic mass is 16.6. The molecule has 8 heteroatoms. The molecular formula is C41H48O8. The zero-order valence-electron chi connectivity index (χ0n) is 28.5. The van der Waals surface area contributed by atoms with Crippen LogP contribution in [0.3, 0.4) is 0 Å². The van der Waals surface area contributed by atoms with E-state index in [1.54, 1.807) is 0 Å². The van der Waals surface area contributed by atoms with Crippen molar-refractivity contribution in [2.75, 3.05) is 52.9 Å². The number of epoxide rings is 2. The number of hydrogen-bond donors (Lipinski definition) is 2. The molecule has 4 atom stereocenters. The molecule has 49 heavy (non-hydrogen) atoms. The summed E-state index contributed by atoms with van der Waals surface area (Å²) in [5.41, 5.74) is 5.45. The van der Waals surface area contributed by atoms with Crippen LogP contribution in [0, 0.1) is 0 Å². The van der Waals surface area contributed by atoms with Crippen molar-refractivity contribution in [2.24, 2.45) is 0 Å². The second kappa shape index (κ2) is 16.8. The Bertz CT molecular complexity index is 1560. The number of aliphatic hydroxyl groups is 2. The fraction of sp³-hybridized carbons (Fsp3) is 0.415. The van der Waals surface area contributed by atoms with Crippen molar-refractivity contribution in [3.05, 3.63) is 130 Å². The molecule has 4 aromatic carbocycles. The van der Waals surface area contributed by atoms with Crippen LogP contribution < -0.4 is 9.47 Å². The lowest BCUT2D eigenvalue weighted by Crippen LogP contribution is -2.32. The largest absolute Gasteiger partial charge is 0.491 e. The molecule has 6 rings (SSSR count). The summed E-state index contributed by atoms with van der Waals surface area (Å²) in [6.45, 7) is 7.35. The molecule has 4 unspecified atom stereocenters. The highest BCUT2D eigenvalue weighted by Crippen LogP contribution is 2.47. The smallest absolute Gasteiger partial charge is 0.122 e. The van der Waals surface area contributed by atoms with Crippen LogP contribution in [0.2, 0.25) is 0 Å². The molecule has 8 nitrogen and oxygen atoms in total. The van der Waals surface area contributed by atoms with Crippen molar-refractivity contribution in [3.63, 3.8) is 0 Å². The van der Waals surface area contributed by atoms with Crippen molar-refractivity contribution in [1.29, 1.82) is 0 Å². The van der Waals surface area contributed by atoms with Crippen LogP contribution in [0.1, 0.15) is 47.2 Å². The molecule has 2 saturated heterocycles. The number of hydrogen-bond acceptors (Lipinski definition) is 8. The van der Waals surface area contributed by atoms with E-state index in [9.17, 15) is 10.2 Å². The summed E-state index contributed by atoms with van der Waals surface area (Å²) in [6.07, 6.45) is -0.147. The number of aliphatic hydroxyl groups excluding tert-OH is 2. The van der Waals surface area contributed by atoms with Crippen molar-refractivity contribution in [1.82, 2.24) is 0 Å². The van der Waals surface area contributed by atoms with Gasteiger partial charge in [0.1, 0.15) is 36.9 Å².